The Kier molecular flexibility index (Phi) is 3.88. The summed E-state index contributed by atoms with van der Waals surface area (Å²) in [7, 11) is 0. The number of amides is 2. The van der Waals surface area contributed by atoms with Crippen LogP contribution in [0.2, 0.25) is 0 Å². The Balaban J connectivity index is 2.40. The number of nitrogens with zero attached hydrogens (tertiary/aromatic N) is 2. The standard InChI is InChI=1S/C15H21N3O/c1-4-11-7-5-6-8-12(11)13-14(16)17-15(19)18(13)9-10(2)3/h5-8,10,13H,4,9H2,1-3H3,(H2,16,17,19). The van der Waals surface area contributed by atoms with Gasteiger partial charge in [0.15, 0.2) is 0 Å². The summed E-state index contributed by atoms with van der Waals surface area (Å²) >= 11 is 0. The fourth-order valence-corrected chi connectivity index (χ4v) is 2.53. The molecule has 1 aromatic carbocycles. The molecule has 0 saturated heterocycles. The molecule has 1 aromatic rings. The van der Waals surface area contributed by atoms with Crippen molar-refractivity contribution >= 4 is 11.9 Å². The van der Waals surface area contributed by atoms with Gasteiger partial charge in [-0.25, -0.2) is 4.79 Å². The molecule has 0 fully saturated rings. The van der Waals surface area contributed by atoms with Crippen molar-refractivity contribution in [1.82, 2.24) is 4.90 Å². The summed E-state index contributed by atoms with van der Waals surface area (Å²) in [6.45, 7) is 6.95. The first-order chi connectivity index (χ1) is 9.04. The van der Waals surface area contributed by atoms with E-state index < -0.39 is 0 Å². The van der Waals surface area contributed by atoms with Crippen molar-refractivity contribution in [3.8, 4) is 0 Å². The molecular formula is C15H21N3O. The molecule has 1 atom stereocenters. The maximum absolute atomic E-state index is 12.0. The van der Waals surface area contributed by atoms with Crippen LogP contribution in [0, 0.1) is 5.92 Å². The van der Waals surface area contributed by atoms with Gasteiger partial charge in [-0.05, 0) is 23.5 Å². The van der Waals surface area contributed by atoms with Gasteiger partial charge in [0.1, 0.15) is 11.9 Å². The molecule has 1 unspecified atom stereocenters. The van der Waals surface area contributed by atoms with Crippen molar-refractivity contribution in [1.29, 1.82) is 0 Å². The molecule has 0 aromatic heterocycles. The van der Waals surface area contributed by atoms with Crippen molar-refractivity contribution in [2.24, 2.45) is 16.6 Å². The molecule has 1 aliphatic heterocycles. The molecule has 0 aliphatic carbocycles. The zero-order valence-corrected chi connectivity index (χ0v) is 11.8. The van der Waals surface area contributed by atoms with Gasteiger partial charge in [-0.15, -0.1) is 0 Å². The Hall–Kier alpha value is -1.84. The fraction of sp³-hybridized carbons (Fsp3) is 0.467. The van der Waals surface area contributed by atoms with Crippen LogP contribution >= 0.6 is 0 Å². The Morgan fingerprint density at radius 3 is 2.68 bits per heavy atom. The Morgan fingerprint density at radius 2 is 2.05 bits per heavy atom. The lowest BCUT2D eigenvalue weighted by molar-refractivity contribution is 0.198. The number of nitrogens with two attached hydrogens (primary N) is 1. The van der Waals surface area contributed by atoms with E-state index in [0.717, 1.165) is 12.0 Å². The van der Waals surface area contributed by atoms with Gasteiger partial charge in [-0.2, -0.15) is 4.99 Å². The minimum Gasteiger partial charge on any atom is -0.385 e. The second-order valence-electron chi connectivity index (χ2n) is 5.32. The number of amidine groups is 1. The maximum atomic E-state index is 12.0. The number of aliphatic imine (C=N–C) groups is 1. The first-order valence-corrected chi connectivity index (χ1v) is 6.77. The molecule has 0 spiro atoms. The van der Waals surface area contributed by atoms with Gasteiger partial charge in [0.2, 0.25) is 0 Å². The molecule has 0 bridgehead atoms. The minimum absolute atomic E-state index is 0.203. The van der Waals surface area contributed by atoms with Gasteiger partial charge in [0.05, 0.1) is 0 Å². The van der Waals surface area contributed by atoms with Gasteiger partial charge in [0.25, 0.3) is 0 Å². The third kappa shape index (κ3) is 2.62. The third-order valence-corrected chi connectivity index (χ3v) is 3.35. The Morgan fingerprint density at radius 1 is 1.37 bits per heavy atom. The van der Waals surface area contributed by atoms with Gasteiger partial charge < -0.3 is 10.6 Å². The van der Waals surface area contributed by atoms with Crippen molar-refractivity contribution < 1.29 is 4.79 Å². The van der Waals surface area contributed by atoms with Gasteiger partial charge in [0, 0.05) is 6.54 Å². The molecule has 2 N–H and O–H groups in total. The van der Waals surface area contributed by atoms with Crippen LogP contribution in [0.5, 0.6) is 0 Å². The van der Waals surface area contributed by atoms with Crippen LogP contribution in [0.4, 0.5) is 4.79 Å². The van der Waals surface area contributed by atoms with E-state index in [0.29, 0.717) is 18.3 Å². The highest BCUT2D eigenvalue weighted by Gasteiger charge is 2.35. The van der Waals surface area contributed by atoms with E-state index in [1.807, 2.05) is 18.2 Å². The number of hydrogen-bond donors (Lipinski definition) is 1. The van der Waals surface area contributed by atoms with Crippen molar-refractivity contribution in [3.05, 3.63) is 35.4 Å². The number of benzene rings is 1. The van der Waals surface area contributed by atoms with Gasteiger partial charge in [-0.1, -0.05) is 45.0 Å². The average Bonchev–Trinajstić information content (AvgIpc) is 2.63. The summed E-state index contributed by atoms with van der Waals surface area (Å²) in [5.74, 6) is 0.799. The molecule has 0 radical (unpaired) electrons. The first-order valence-electron chi connectivity index (χ1n) is 6.77. The third-order valence-electron chi connectivity index (χ3n) is 3.35. The molecule has 2 rings (SSSR count). The molecule has 102 valence electrons. The van der Waals surface area contributed by atoms with E-state index in [4.69, 9.17) is 5.73 Å². The predicted molar refractivity (Wildman–Crippen MR) is 77.1 cm³/mol. The van der Waals surface area contributed by atoms with E-state index in [-0.39, 0.29) is 12.1 Å². The summed E-state index contributed by atoms with van der Waals surface area (Å²) in [6.07, 6.45) is 0.920. The van der Waals surface area contributed by atoms with E-state index in [1.54, 1.807) is 4.90 Å². The van der Waals surface area contributed by atoms with Crippen LogP contribution in [0.25, 0.3) is 0 Å². The maximum Gasteiger partial charge on any atom is 0.346 e. The minimum atomic E-state index is -0.220. The fourth-order valence-electron chi connectivity index (χ4n) is 2.53. The zero-order chi connectivity index (χ0) is 14.0. The largest absolute Gasteiger partial charge is 0.385 e. The normalized spacial score (nSPS) is 19.2. The molecule has 2 amide bonds. The highest BCUT2D eigenvalue weighted by molar-refractivity contribution is 6.03. The number of carbonyl (C=O) groups excluding carboxylic acids is 1. The van der Waals surface area contributed by atoms with Crippen LogP contribution in [0.3, 0.4) is 0 Å². The average molecular weight is 259 g/mol. The molecule has 1 heterocycles. The molecule has 19 heavy (non-hydrogen) atoms. The van der Waals surface area contributed by atoms with Crippen LogP contribution < -0.4 is 5.73 Å². The summed E-state index contributed by atoms with van der Waals surface area (Å²) in [5.41, 5.74) is 8.29. The number of aryl methyl sites for hydroxylation is 1. The van der Waals surface area contributed by atoms with Crippen LogP contribution in [0.15, 0.2) is 29.3 Å². The predicted octanol–water partition coefficient (Wildman–Crippen LogP) is 2.74. The lowest BCUT2D eigenvalue weighted by Gasteiger charge is -2.27. The Bertz CT molecular complexity index is 508. The van der Waals surface area contributed by atoms with Gasteiger partial charge in [-0.3, -0.25) is 0 Å². The van der Waals surface area contributed by atoms with E-state index in [9.17, 15) is 4.79 Å². The molecule has 1 aliphatic rings. The lowest BCUT2D eigenvalue weighted by atomic mass is 9.97. The van der Waals surface area contributed by atoms with E-state index in [1.165, 1.54) is 5.56 Å². The highest BCUT2D eigenvalue weighted by Crippen LogP contribution is 2.30. The number of carbonyl (C=O) groups is 1. The molecule has 4 nitrogen and oxygen atoms in total. The highest BCUT2D eigenvalue weighted by atomic mass is 16.2. The van der Waals surface area contributed by atoms with Crippen molar-refractivity contribution in [2.75, 3.05) is 6.54 Å². The second-order valence-corrected chi connectivity index (χ2v) is 5.32. The lowest BCUT2D eigenvalue weighted by Crippen LogP contribution is -2.36. The topological polar surface area (TPSA) is 58.7 Å². The quantitative estimate of drug-likeness (QED) is 0.903. The monoisotopic (exact) mass is 259 g/mol. The molecule has 4 heteroatoms. The Labute approximate surface area is 114 Å². The van der Waals surface area contributed by atoms with Crippen molar-refractivity contribution in [3.63, 3.8) is 0 Å². The van der Waals surface area contributed by atoms with Crippen LogP contribution in [0.1, 0.15) is 37.9 Å². The molecule has 0 saturated carbocycles. The summed E-state index contributed by atoms with van der Waals surface area (Å²) in [5, 5.41) is 0. The van der Waals surface area contributed by atoms with E-state index in [2.05, 4.69) is 31.8 Å². The number of rotatable bonds is 4. The van der Waals surface area contributed by atoms with Crippen molar-refractivity contribution in [2.45, 2.75) is 33.2 Å². The number of urea groups is 1. The van der Waals surface area contributed by atoms with Crippen LogP contribution in [-0.4, -0.2) is 23.3 Å². The smallest absolute Gasteiger partial charge is 0.346 e. The van der Waals surface area contributed by atoms with E-state index >= 15 is 0 Å². The summed E-state index contributed by atoms with van der Waals surface area (Å²) < 4.78 is 0. The molecular weight excluding hydrogens is 238 g/mol. The number of hydrogen-bond acceptors (Lipinski definition) is 2. The first kappa shape index (κ1) is 13.6. The summed E-state index contributed by atoms with van der Waals surface area (Å²) in [4.78, 5) is 17.7. The second kappa shape index (κ2) is 5.43. The van der Waals surface area contributed by atoms with Crippen LogP contribution in [-0.2, 0) is 6.42 Å². The van der Waals surface area contributed by atoms with Gasteiger partial charge >= 0.3 is 6.03 Å². The summed E-state index contributed by atoms with van der Waals surface area (Å²) in [6, 6.07) is 7.70. The SMILES string of the molecule is CCc1ccccc1C1C(N)=NC(=O)N1CC(C)C. The zero-order valence-electron chi connectivity index (χ0n) is 11.8.